The molecule has 0 spiro atoms. The number of rotatable bonds is 8. The minimum absolute atomic E-state index is 0.889. The van der Waals surface area contributed by atoms with Crippen LogP contribution < -0.4 is 5.32 Å². The van der Waals surface area contributed by atoms with Gasteiger partial charge in [0.2, 0.25) is 0 Å². The van der Waals surface area contributed by atoms with E-state index >= 15 is 0 Å². The Hall–Kier alpha value is -0.910. The van der Waals surface area contributed by atoms with Crippen molar-refractivity contribution in [3.05, 3.63) is 17.5 Å². The Balaban J connectivity index is 1.53. The first-order chi connectivity index (χ1) is 9.38. The van der Waals surface area contributed by atoms with Gasteiger partial charge < -0.3 is 10.1 Å². The molecule has 2 N–H and O–H groups in total. The smallest absolute Gasteiger partial charge is 0.0625 e. The average molecular weight is 266 g/mol. The summed E-state index contributed by atoms with van der Waals surface area (Å²) in [5, 5.41) is 10.9. The molecule has 0 amide bonds. The van der Waals surface area contributed by atoms with Gasteiger partial charge in [0, 0.05) is 25.3 Å². The van der Waals surface area contributed by atoms with Crippen LogP contribution in [-0.2, 0) is 17.7 Å². The fourth-order valence-corrected chi connectivity index (χ4v) is 2.36. The maximum atomic E-state index is 5.34. The van der Waals surface area contributed by atoms with Crippen molar-refractivity contribution in [3.63, 3.8) is 0 Å². The first-order valence-electron chi connectivity index (χ1n) is 7.42. The minimum Gasteiger partial charge on any atom is -0.379 e. The zero-order valence-electron chi connectivity index (χ0n) is 12.0. The lowest BCUT2D eigenvalue weighted by molar-refractivity contribution is 0.0374. The molecule has 1 aromatic rings. The Morgan fingerprint density at radius 3 is 3.05 bits per heavy atom. The second-order valence-electron chi connectivity index (χ2n) is 5.12. The van der Waals surface area contributed by atoms with Crippen LogP contribution in [0.2, 0.25) is 0 Å². The van der Waals surface area contributed by atoms with Crippen LogP contribution in [0.4, 0.5) is 0 Å². The number of aromatic amines is 1. The van der Waals surface area contributed by atoms with Crippen molar-refractivity contribution in [2.24, 2.45) is 0 Å². The summed E-state index contributed by atoms with van der Waals surface area (Å²) < 4.78 is 5.34. The Bertz CT molecular complexity index is 347. The standard InChI is InChI=1S/C14H26N4O/c1-2-4-13-11-14(17-16-13)12-15-5-3-6-18-7-9-19-10-8-18/h11,15H,2-10,12H2,1H3,(H,16,17). The van der Waals surface area contributed by atoms with E-state index in [1.807, 2.05) is 0 Å². The van der Waals surface area contributed by atoms with Crippen molar-refractivity contribution in [1.82, 2.24) is 20.4 Å². The van der Waals surface area contributed by atoms with Crippen molar-refractivity contribution in [3.8, 4) is 0 Å². The van der Waals surface area contributed by atoms with Crippen molar-refractivity contribution in [1.29, 1.82) is 0 Å². The van der Waals surface area contributed by atoms with Crippen LogP contribution in [0.3, 0.4) is 0 Å². The average Bonchev–Trinajstić information content (AvgIpc) is 2.88. The first-order valence-corrected chi connectivity index (χ1v) is 7.42. The lowest BCUT2D eigenvalue weighted by atomic mass is 10.2. The first kappa shape index (κ1) is 14.5. The summed E-state index contributed by atoms with van der Waals surface area (Å²) in [6.07, 6.45) is 3.40. The molecule has 0 unspecified atom stereocenters. The highest BCUT2D eigenvalue weighted by molar-refractivity contribution is 5.08. The van der Waals surface area contributed by atoms with Gasteiger partial charge in [-0.1, -0.05) is 13.3 Å². The number of H-pyrrole nitrogens is 1. The van der Waals surface area contributed by atoms with Gasteiger partial charge in [0.05, 0.1) is 18.9 Å². The molecule has 2 rings (SSSR count). The van der Waals surface area contributed by atoms with E-state index in [-0.39, 0.29) is 0 Å². The van der Waals surface area contributed by atoms with Gasteiger partial charge in [-0.15, -0.1) is 0 Å². The second-order valence-corrected chi connectivity index (χ2v) is 5.12. The van der Waals surface area contributed by atoms with Gasteiger partial charge in [0.15, 0.2) is 0 Å². The predicted octanol–water partition coefficient (Wildman–Crippen LogP) is 1.17. The van der Waals surface area contributed by atoms with E-state index in [1.54, 1.807) is 0 Å². The van der Waals surface area contributed by atoms with Crippen LogP contribution >= 0.6 is 0 Å². The van der Waals surface area contributed by atoms with E-state index in [0.29, 0.717) is 0 Å². The number of nitrogens with zero attached hydrogens (tertiary/aromatic N) is 2. The predicted molar refractivity (Wildman–Crippen MR) is 76.2 cm³/mol. The monoisotopic (exact) mass is 266 g/mol. The quantitative estimate of drug-likeness (QED) is 0.694. The van der Waals surface area contributed by atoms with Crippen molar-refractivity contribution in [2.75, 3.05) is 39.4 Å². The van der Waals surface area contributed by atoms with Gasteiger partial charge in [0.25, 0.3) is 0 Å². The number of hydrogen-bond acceptors (Lipinski definition) is 4. The van der Waals surface area contributed by atoms with Gasteiger partial charge in [0.1, 0.15) is 0 Å². The Morgan fingerprint density at radius 2 is 2.26 bits per heavy atom. The second kappa shape index (κ2) is 8.30. The lowest BCUT2D eigenvalue weighted by Crippen LogP contribution is -2.37. The van der Waals surface area contributed by atoms with E-state index in [9.17, 15) is 0 Å². The molecule has 0 saturated carbocycles. The Labute approximate surface area is 115 Å². The normalized spacial score (nSPS) is 16.9. The fourth-order valence-electron chi connectivity index (χ4n) is 2.36. The molecule has 0 aromatic carbocycles. The highest BCUT2D eigenvalue weighted by atomic mass is 16.5. The molecular weight excluding hydrogens is 240 g/mol. The number of aromatic nitrogens is 2. The fraction of sp³-hybridized carbons (Fsp3) is 0.786. The van der Waals surface area contributed by atoms with E-state index < -0.39 is 0 Å². The van der Waals surface area contributed by atoms with Crippen LogP contribution in [0.1, 0.15) is 31.2 Å². The van der Waals surface area contributed by atoms with Gasteiger partial charge in [-0.25, -0.2) is 0 Å². The van der Waals surface area contributed by atoms with E-state index in [0.717, 1.165) is 52.2 Å². The maximum absolute atomic E-state index is 5.34. The Morgan fingerprint density at radius 1 is 1.42 bits per heavy atom. The summed E-state index contributed by atoms with van der Waals surface area (Å²) >= 11 is 0. The van der Waals surface area contributed by atoms with Gasteiger partial charge >= 0.3 is 0 Å². The number of ether oxygens (including phenoxy) is 1. The van der Waals surface area contributed by atoms with Gasteiger partial charge in [-0.05, 0) is 32.0 Å². The summed E-state index contributed by atoms with van der Waals surface area (Å²) in [4.78, 5) is 2.47. The molecule has 5 nitrogen and oxygen atoms in total. The summed E-state index contributed by atoms with van der Waals surface area (Å²) in [6.45, 7) is 9.24. The van der Waals surface area contributed by atoms with Crippen LogP contribution in [0, 0.1) is 0 Å². The number of nitrogens with one attached hydrogen (secondary N) is 2. The maximum Gasteiger partial charge on any atom is 0.0625 e. The molecule has 108 valence electrons. The van der Waals surface area contributed by atoms with E-state index in [1.165, 1.54) is 24.4 Å². The largest absolute Gasteiger partial charge is 0.379 e. The number of hydrogen-bond donors (Lipinski definition) is 2. The van der Waals surface area contributed by atoms with Crippen LogP contribution in [0.5, 0.6) is 0 Å². The van der Waals surface area contributed by atoms with Crippen molar-refractivity contribution >= 4 is 0 Å². The molecule has 1 aromatic heterocycles. The molecule has 2 heterocycles. The van der Waals surface area contributed by atoms with Gasteiger partial charge in [-0.3, -0.25) is 10.00 Å². The molecule has 1 aliphatic heterocycles. The topological polar surface area (TPSA) is 53.2 Å². The molecule has 0 radical (unpaired) electrons. The highest BCUT2D eigenvalue weighted by Crippen LogP contribution is 2.02. The molecular formula is C14H26N4O. The summed E-state index contributed by atoms with van der Waals surface area (Å²) in [6, 6.07) is 2.17. The van der Waals surface area contributed by atoms with E-state index in [2.05, 4.69) is 33.4 Å². The number of aryl methyl sites for hydroxylation is 1. The molecule has 0 aliphatic carbocycles. The van der Waals surface area contributed by atoms with E-state index in [4.69, 9.17) is 4.74 Å². The molecule has 0 bridgehead atoms. The molecule has 1 fully saturated rings. The van der Waals surface area contributed by atoms with Gasteiger partial charge in [-0.2, -0.15) is 5.10 Å². The zero-order chi connectivity index (χ0) is 13.3. The molecule has 1 aliphatic rings. The summed E-state index contributed by atoms with van der Waals surface area (Å²) in [7, 11) is 0. The molecule has 1 saturated heterocycles. The lowest BCUT2D eigenvalue weighted by Gasteiger charge is -2.26. The summed E-state index contributed by atoms with van der Waals surface area (Å²) in [5.41, 5.74) is 2.36. The zero-order valence-corrected chi connectivity index (χ0v) is 12.0. The molecule has 0 atom stereocenters. The van der Waals surface area contributed by atoms with Crippen molar-refractivity contribution in [2.45, 2.75) is 32.7 Å². The third-order valence-electron chi connectivity index (χ3n) is 3.44. The summed E-state index contributed by atoms with van der Waals surface area (Å²) in [5.74, 6) is 0. The third-order valence-corrected chi connectivity index (χ3v) is 3.44. The van der Waals surface area contributed by atoms with Crippen LogP contribution in [0.25, 0.3) is 0 Å². The minimum atomic E-state index is 0.889. The van der Waals surface area contributed by atoms with Crippen LogP contribution in [0.15, 0.2) is 6.07 Å². The SMILES string of the molecule is CCCc1cc(CNCCCN2CCOCC2)[nH]n1. The van der Waals surface area contributed by atoms with Crippen LogP contribution in [-0.4, -0.2) is 54.5 Å². The Kier molecular flexibility index (Phi) is 6.33. The molecule has 5 heteroatoms. The third kappa shape index (κ3) is 5.30. The molecule has 19 heavy (non-hydrogen) atoms. The highest BCUT2D eigenvalue weighted by Gasteiger charge is 2.08. The number of morpholine rings is 1. The van der Waals surface area contributed by atoms with Crippen molar-refractivity contribution < 1.29 is 4.74 Å².